The van der Waals surface area contributed by atoms with E-state index in [0.29, 0.717) is 5.41 Å². The lowest BCUT2D eigenvalue weighted by molar-refractivity contribution is 0.306. The number of hydrogen-bond acceptors (Lipinski definition) is 1. The average molecular weight is 177 g/mol. The van der Waals surface area contributed by atoms with E-state index in [1.54, 1.807) is 11.3 Å². The minimum Gasteiger partial charge on any atom is -0.374 e. The molecule has 0 unspecified atom stereocenters. The molecule has 72 valence electrons. The van der Waals surface area contributed by atoms with Crippen LogP contribution in [-0.4, -0.2) is 18.0 Å². The van der Waals surface area contributed by atoms with E-state index in [0.717, 1.165) is 6.54 Å². The molecule has 1 aliphatic carbocycles. The van der Waals surface area contributed by atoms with Crippen molar-refractivity contribution < 1.29 is 0 Å². The van der Waals surface area contributed by atoms with Crippen LogP contribution in [0, 0.1) is 5.41 Å². The lowest BCUT2D eigenvalue weighted by Crippen LogP contribution is -2.25. The van der Waals surface area contributed by atoms with Gasteiger partial charge in [-0.2, -0.15) is 0 Å². The van der Waals surface area contributed by atoms with Gasteiger partial charge in [0.1, 0.15) is 0 Å². The Kier molecular flexibility index (Phi) is 1.98. The molecule has 0 bridgehead atoms. The van der Waals surface area contributed by atoms with Gasteiger partial charge in [-0.15, -0.1) is 0 Å². The molecule has 1 heteroatoms. The summed E-state index contributed by atoms with van der Waals surface area (Å²) in [6, 6.07) is 0. The number of rotatable bonds is 1. The minimum absolute atomic E-state index is 0.377. The van der Waals surface area contributed by atoms with Crippen molar-refractivity contribution in [1.29, 1.82) is 0 Å². The Morgan fingerprint density at radius 1 is 1.46 bits per heavy atom. The largest absolute Gasteiger partial charge is 0.374 e. The van der Waals surface area contributed by atoms with Crippen LogP contribution in [0.1, 0.15) is 33.6 Å². The van der Waals surface area contributed by atoms with E-state index in [2.05, 4.69) is 37.8 Å². The van der Waals surface area contributed by atoms with Crippen LogP contribution in [0.15, 0.2) is 23.4 Å². The average Bonchev–Trinajstić information content (AvgIpc) is 2.39. The van der Waals surface area contributed by atoms with Gasteiger partial charge in [-0.25, -0.2) is 0 Å². The van der Waals surface area contributed by atoms with Gasteiger partial charge in [-0.1, -0.05) is 26.0 Å². The molecule has 13 heavy (non-hydrogen) atoms. The predicted molar refractivity (Wildman–Crippen MR) is 56.4 cm³/mol. The Hall–Kier alpha value is -0.720. The first-order valence-corrected chi connectivity index (χ1v) is 5.30. The Morgan fingerprint density at radius 2 is 2.23 bits per heavy atom. The quantitative estimate of drug-likeness (QED) is 0.595. The molecule has 1 heterocycles. The summed E-state index contributed by atoms with van der Waals surface area (Å²) in [6.07, 6.45) is 7.14. The summed E-state index contributed by atoms with van der Waals surface area (Å²) in [7, 11) is 0. The molecular formula is C12H19N. The first kappa shape index (κ1) is 8.86. The van der Waals surface area contributed by atoms with Gasteiger partial charge < -0.3 is 4.90 Å². The van der Waals surface area contributed by atoms with Gasteiger partial charge >= 0.3 is 0 Å². The summed E-state index contributed by atoms with van der Waals surface area (Å²) in [5, 5.41) is 0. The maximum absolute atomic E-state index is 2.54. The maximum atomic E-state index is 2.54. The van der Waals surface area contributed by atoms with Crippen LogP contribution in [-0.2, 0) is 0 Å². The lowest BCUT2D eigenvalue weighted by atomic mass is 9.84. The molecule has 0 aromatic carbocycles. The third-order valence-electron chi connectivity index (χ3n) is 3.22. The van der Waals surface area contributed by atoms with E-state index in [9.17, 15) is 0 Å². The molecular weight excluding hydrogens is 158 g/mol. The van der Waals surface area contributed by atoms with E-state index in [1.165, 1.54) is 19.4 Å². The van der Waals surface area contributed by atoms with Gasteiger partial charge in [-0.05, 0) is 25.3 Å². The third-order valence-corrected chi connectivity index (χ3v) is 3.22. The standard InChI is InChI=1S/C12H19N/c1-4-13-9-12(2,3)10-7-5-6-8-11(10)13/h5,7H,4,6,8-9H2,1-3H3. The first-order chi connectivity index (χ1) is 6.15. The zero-order valence-electron chi connectivity index (χ0n) is 8.93. The summed E-state index contributed by atoms with van der Waals surface area (Å²) in [5.41, 5.74) is 3.57. The summed E-state index contributed by atoms with van der Waals surface area (Å²) < 4.78 is 0. The van der Waals surface area contributed by atoms with Crippen LogP contribution in [0.4, 0.5) is 0 Å². The first-order valence-electron chi connectivity index (χ1n) is 5.30. The number of nitrogens with zero attached hydrogens (tertiary/aromatic N) is 1. The highest BCUT2D eigenvalue weighted by molar-refractivity contribution is 5.38. The lowest BCUT2D eigenvalue weighted by Gasteiger charge is -2.23. The molecule has 0 radical (unpaired) electrons. The molecule has 1 aliphatic heterocycles. The molecule has 0 aromatic heterocycles. The molecule has 0 saturated carbocycles. The van der Waals surface area contributed by atoms with Crippen molar-refractivity contribution in [1.82, 2.24) is 4.90 Å². The van der Waals surface area contributed by atoms with Gasteiger partial charge in [0.05, 0.1) is 0 Å². The Balaban J connectivity index is 2.37. The van der Waals surface area contributed by atoms with Crippen LogP contribution >= 0.6 is 0 Å². The van der Waals surface area contributed by atoms with Crippen LogP contribution < -0.4 is 0 Å². The van der Waals surface area contributed by atoms with E-state index >= 15 is 0 Å². The number of allylic oxidation sites excluding steroid dienone is 3. The molecule has 0 amide bonds. The normalized spacial score (nSPS) is 25.3. The molecule has 0 atom stereocenters. The maximum Gasteiger partial charge on any atom is 0.0267 e. The SMILES string of the molecule is CCN1CC(C)(C)C2=C1CCC=C2. The smallest absolute Gasteiger partial charge is 0.0267 e. The molecule has 0 spiro atoms. The molecule has 2 rings (SSSR count). The van der Waals surface area contributed by atoms with Crippen molar-refractivity contribution in [2.75, 3.05) is 13.1 Å². The van der Waals surface area contributed by atoms with Crippen molar-refractivity contribution >= 4 is 0 Å². The second-order valence-corrected chi connectivity index (χ2v) is 4.70. The summed E-state index contributed by atoms with van der Waals surface area (Å²) in [6.45, 7) is 9.33. The third kappa shape index (κ3) is 1.31. The molecule has 0 saturated heterocycles. The second kappa shape index (κ2) is 2.90. The molecule has 1 nitrogen and oxygen atoms in total. The highest BCUT2D eigenvalue weighted by atomic mass is 15.2. The Bertz CT molecular complexity index is 271. The topological polar surface area (TPSA) is 3.24 Å². The fourth-order valence-electron chi connectivity index (χ4n) is 2.56. The monoisotopic (exact) mass is 177 g/mol. The molecule has 0 N–H and O–H groups in total. The van der Waals surface area contributed by atoms with Gasteiger partial charge in [0.25, 0.3) is 0 Å². The minimum atomic E-state index is 0.377. The van der Waals surface area contributed by atoms with Gasteiger partial charge in [0, 0.05) is 24.2 Å². The highest BCUT2D eigenvalue weighted by Crippen LogP contribution is 2.42. The van der Waals surface area contributed by atoms with E-state index in [-0.39, 0.29) is 0 Å². The van der Waals surface area contributed by atoms with E-state index < -0.39 is 0 Å². The van der Waals surface area contributed by atoms with Crippen LogP contribution in [0.5, 0.6) is 0 Å². The van der Waals surface area contributed by atoms with Gasteiger partial charge in [0.2, 0.25) is 0 Å². The van der Waals surface area contributed by atoms with Crippen molar-refractivity contribution in [3.05, 3.63) is 23.4 Å². The van der Waals surface area contributed by atoms with Crippen LogP contribution in [0.25, 0.3) is 0 Å². The Morgan fingerprint density at radius 3 is 2.92 bits per heavy atom. The van der Waals surface area contributed by atoms with Crippen LogP contribution in [0.3, 0.4) is 0 Å². The zero-order chi connectivity index (χ0) is 9.47. The van der Waals surface area contributed by atoms with Crippen molar-refractivity contribution in [2.24, 2.45) is 5.41 Å². The number of hydrogen-bond donors (Lipinski definition) is 0. The second-order valence-electron chi connectivity index (χ2n) is 4.70. The van der Waals surface area contributed by atoms with Gasteiger partial charge in [0.15, 0.2) is 0 Å². The highest BCUT2D eigenvalue weighted by Gasteiger charge is 2.35. The van der Waals surface area contributed by atoms with E-state index in [1.807, 2.05) is 0 Å². The fourth-order valence-corrected chi connectivity index (χ4v) is 2.56. The van der Waals surface area contributed by atoms with Crippen molar-refractivity contribution in [3.8, 4) is 0 Å². The van der Waals surface area contributed by atoms with Gasteiger partial charge in [-0.3, -0.25) is 0 Å². The molecule has 0 aromatic rings. The van der Waals surface area contributed by atoms with Crippen LogP contribution in [0.2, 0.25) is 0 Å². The zero-order valence-corrected chi connectivity index (χ0v) is 8.93. The predicted octanol–water partition coefficient (Wildman–Crippen LogP) is 2.95. The molecule has 2 aliphatic rings. The van der Waals surface area contributed by atoms with Crippen molar-refractivity contribution in [2.45, 2.75) is 33.6 Å². The summed E-state index contributed by atoms with van der Waals surface area (Å²) in [4.78, 5) is 2.54. The molecule has 0 fully saturated rings. The van der Waals surface area contributed by atoms with Crippen molar-refractivity contribution in [3.63, 3.8) is 0 Å². The fraction of sp³-hybridized carbons (Fsp3) is 0.667. The summed E-state index contributed by atoms with van der Waals surface area (Å²) >= 11 is 0. The Labute approximate surface area is 81.1 Å². The van der Waals surface area contributed by atoms with E-state index in [4.69, 9.17) is 0 Å². The summed E-state index contributed by atoms with van der Waals surface area (Å²) in [5.74, 6) is 0.